The Balaban J connectivity index is 1.64. The first-order valence-corrected chi connectivity index (χ1v) is 6.03. The van der Waals surface area contributed by atoms with Crippen LogP contribution in [0.1, 0.15) is 5.76 Å². The minimum atomic E-state index is -0.639. The van der Waals surface area contributed by atoms with Crippen molar-refractivity contribution in [2.75, 3.05) is 13.2 Å². The van der Waals surface area contributed by atoms with E-state index in [1.807, 2.05) is 12.1 Å². The van der Waals surface area contributed by atoms with E-state index in [1.54, 1.807) is 6.26 Å². The van der Waals surface area contributed by atoms with Crippen molar-refractivity contribution in [1.82, 2.24) is 5.32 Å². The lowest BCUT2D eigenvalue weighted by Crippen LogP contribution is -2.31. The molecule has 1 aromatic carbocycles. The first-order valence-electron chi connectivity index (χ1n) is 6.03. The van der Waals surface area contributed by atoms with Gasteiger partial charge >= 0.3 is 0 Å². The van der Waals surface area contributed by atoms with Gasteiger partial charge in [0.05, 0.1) is 12.8 Å². The maximum atomic E-state index is 12.7. The summed E-state index contributed by atoms with van der Waals surface area (Å²) in [5.74, 6) is 1.03. The Labute approximate surface area is 110 Å². The van der Waals surface area contributed by atoms with Crippen LogP contribution in [0.4, 0.5) is 4.39 Å². The molecule has 0 saturated heterocycles. The highest BCUT2D eigenvalue weighted by atomic mass is 19.1. The predicted molar refractivity (Wildman–Crippen MR) is 68.3 cm³/mol. The summed E-state index contributed by atoms with van der Waals surface area (Å²) < 4.78 is 23.1. The molecule has 0 aliphatic heterocycles. The third-order valence-electron chi connectivity index (χ3n) is 2.52. The first-order chi connectivity index (χ1) is 9.24. The molecule has 1 atom stereocenters. The number of nitrogens with one attached hydrogen (secondary N) is 1. The molecule has 19 heavy (non-hydrogen) atoms. The highest BCUT2D eigenvalue weighted by Gasteiger charge is 2.05. The fourth-order valence-corrected chi connectivity index (χ4v) is 1.56. The van der Waals surface area contributed by atoms with Crippen LogP contribution in [-0.4, -0.2) is 24.4 Å². The van der Waals surface area contributed by atoms with Gasteiger partial charge in [0.15, 0.2) is 0 Å². The van der Waals surface area contributed by atoms with Gasteiger partial charge in [0.25, 0.3) is 0 Å². The molecular formula is C14H16FNO3. The third kappa shape index (κ3) is 4.73. The quantitative estimate of drug-likeness (QED) is 0.803. The summed E-state index contributed by atoms with van der Waals surface area (Å²) in [5.41, 5.74) is 0. The molecule has 2 aromatic rings. The summed E-state index contributed by atoms with van der Waals surface area (Å²) in [6.07, 6.45) is 0.963. The van der Waals surface area contributed by atoms with Gasteiger partial charge in [0.2, 0.25) is 0 Å². The maximum Gasteiger partial charge on any atom is 0.123 e. The summed E-state index contributed by atoms with van der Waals surface area (Å²) in [4.78, 5) is 0. The molecule has 1 unspecified atom stereocenters. The van der Waals surface area contributed by atoms with Crippen LogP contribution in [0.5, 0.6) is 5.75 Å². The lowest BCUT2D eigenvalue weighted by molar-refractivity contribution is 0.105. The fraction of sp³-hybridized carbons (Fsp3) is 0.286. The van der Waals surface area contributed by atoms with E-state index in [4.69, 9.17) is 9.15 Å². The summed E-state index contributed by atoms with van der Waals surface area (Å²) in [5, 5.41) is 12.8. The molecule has 0 saturated carbocycles. The van der Waals surface area contributed by atoms with Gasteiger partial charge in [-0.15, -0.1) is 0 Å². The minimum Gasteiger partial charge on any atom is -0.491 e. The van der Waals surface area contributed by atoms with Crippen LogP contribution >= 0.6 is 0 Å². The lowest BCUT2D eigenvalue weighted by Gasteiger charge is -2.12. The Bertz CT molecular complexity index is 470. The number of benzene rings is 1. The predicted octanol–water partition coefficient (Wildman–Crippen LogP) is 1.95. The molecule has 1 heterocycles. The molecular weight excluding hydrogens is 249 g/mol. The number of furan rings is 1. The van der Waals surface area contributed by atoms with E-state index in [1.165, 1.54) is 24.3 Å². The first kappa shape index (κ1) is 13.6. The average molecular weight is 265 g/mol. The van der Waals surface area contributed by atoms with Crippen molar-refractivity contribution in [3.8, 4) is 5.75 Å². The van der Waals surface area contributed by atoms with Crippen LogP contribution in [0, 0.1) is 5.82 Å². The number of hydrogen-bond donors (Lipinski definition) is 2. The van der Waals surface area contributed by atoms with Crippen molar-refractivity contribution in [3.05, 3.63) is 54.2 Å². The molecule has 4 nitrogen and oxygen atoms in total. The molecule has 0 aliphatic rings. The normalized spacial score (nSPS) is 12.3. The zero-order chi connectivity index (χ0) is 13.5. The third-order valence-corrected chi connectivity index (χ3v) is 2.52. The van der Waals surface area contributed by atoms with Crippen LogP contribution in [0.3, 0.4) is 0 Å². The zero-order valence-electron chi connectivity index (χ0n) is 10.4. The van der Waals surface area contributed by atoms with Crippen molar-refractivity contribution < 1.29 is 18.7 Å². The Hall–Kier alpha value is -1.85. The van der Waals surface area contributed by atoms with Crippen LogP contribution in [-0.2, 0) is 6.54 Å². The summed E-state index contributed by atoms with van der Waals surface area (Å²) in [6, 6.07) is 9.35. The maximum absolute atomic E-state index is 12.7. The number of rotatable bonds is 7. The Kier molecular flexibility index (Phi) is 4.94. The zero-order valence-corrected chi connectivity index (χ0v) is 10.4. The topological polar surface area (TPSA) is 54.6 Å². The highest BCUT2D eigenvalue weighted by molar-refractivity contribution is 5.22. The van der Waals surface area contributed by atoms with Crippen LogP contribution in [0.2, 0.25) is 0 Å². The smallest absolute Gasteiger partial charge is 0.123 e. The van der Waals surface area contributed by atoms with Gasteiger partial charge in [0, 0.05) is 6.54 Å². The minimum absolute atomic E-state index is 0.150. The molecule has 0 spiro atoms. The number of aliphatic hydroxyl groups excluding tert-OH is 1. The second kappa shape index (κ2) is 6.92. The summed E-state index contributed by atoms with van der Waals surface area (Å²) >= 11 is 0. The van der Waals surface area contributed by atoms with Gasteiger partial charge in [-0.1, -0.05) is 0 Å². The van der Waals surface area contributed by atoms with Crippen molar-refractivity contribution >= 4 is 0 Å². The van der Waals surface area contributed by atoms with E-state index < -0.39 is 6.10 Å². The van der Waals surface area contributed by atoms with Gasteiger partial charge in [-0.05, 0) is 36.4 Å². The van der Waals surface area contributed by atoms with Crippen molar-refractivity contribution in [2.24, 2.45) is 0 Å². The fourth-order valence-electron chi connectivity index (χ4n) is 1.56. The summed E-state index contributed by atoms with van der Waals surface area (Å²) in [7, 11) is 0. The monoisotopic (exact) mass is 265 g/mol. The molecule has 0 radical (unpaired) electrons. The van der Waals surface area contributed by atoms with E-state index >= 15 is 0 Å². The molecule has 0 fully saturated rings. The molecule has 102 valence electrons. The Morgan fingerprint density at radius 2 is 2.05 bits per heavy atom. The molecule has 1 aromatic heterocycles. The second-order valence-electron chi connectivity index (χ2n) is 4.13. The average Bonchev–Trinajstić information content (AvgIpc) is 2.91. The van der Waals surface area contributed by atoms with Gasteiger partial charge in [-0.2, -0.15) is 0 Å². The number of halogens is 1. The number of aliphatic hydroxyl groups is 1. The summed E-state index contributed by atoms with van der Waals surface area (Å²) in [6.45, 7) is 1.10. The van der Waals surface area contributed by atoms with Crippen LogP contribution < -0.4 is 10.1 Å². The van der Waals surface area contributed by atoms with E-state index in [-0.39, 0.29) is 12.4 Å². The van der Waals surface area contributed by atoms with E-state index in [9.17, 15) is 9.50 Å². The van der Waals surface area contributed by atoms with Gasteiger partial charge in [0.1, 0.15) is 30.0 Å². The SMILES string of the molecule is OC(CNCc1ccco1)COc1ccc(F)cc1. The standard InChI is InChI=1S/C14H16FNO3/c15-11-3-5-13(6-4-11)19-10-12(17)8-16-9-14-2-1-7-18-14/h1-7,12,16-17H,8-10H2. The van der Waals surface area contributed by atoms with Crippen molar-refractivity contribution in [3.63, 3.8) is 0 Å². The molecule has 0 aliphatic carbocycles. The van der Waals surface area contributed by atoms with Gasteiger partial charge < -0.3 is 19.6 Å². The van der Waals surface area contributed by atoms with Crippen LogP contribution in [0.25, 0.3) is 0 Å². The molecule has 2 N–H and O–H groups in total. The Morgan fingerprint density at radius 1 is 1.26 bits per heavy atom. The second-order valence-corrected chi connectivity index (χ2v) is 4.13. The van der Waals surface area contributed by atoms with E-state index in [0.717, 1.165) is 5.76 Å². The molecule has 0 amide bonds. The molecule has 2 rings (SSSR count). The molecule has 0 bridgehead atoms. The van der Waals surface area contributed by atoms with Crippen LogP contribution in [0.15, 0.2) is 47.1 Å². The Morgan fingerprint density at radius 3 is 2.74 bits per heavy atom. The van der Waals surface area contributed by atoms with Crippen molar-refractivity contribution in [1.29, 1.82) is 0 Å². The largest absolute Gasteiger partial charge is 0.491 e. The van der Waals surface area contributed by atoms with Gasteiger partial charge in [-0.3, -0.25) is 0 Å². The number of hydrogen-bond acceptors (Lipinski definition) is 4. The van der Waals surface area contributed by atoms with Gasteiger partial charge in [-0.25, -0.2) is 4.39 Å². The van der Waals surface area contributed by atoms with Crippen molar-refractivity contribution in [2.45, 2.75) is 12.6 Å². The molecule has 5 heteroatoms. The highest BCUT2D eigenvalue weighted by Crippen LogP contribution is 2.11. The van der Waals surface area contributed by atoms with E-state index in [2.05, 4.69) is 5.32 Å². The number of ether oxygens (including phenoxy) is 1. The van der Waals surface area contributed by atoms with E-state index in [0.29, 0.717) is 18.8 Å². The lowest BCUT2D eigenvalue weighted by atomic mass is 10.3.